The molecule has 3 aromatic rings. The molecule has 1 fully saturated rings. The Hall–Kier alpha value is -2.42. The van der Waals surface area contributed by atoms with E-state index in [1.807, 2.05) is 12.1 Å². The van der Waals surface area contributed by atoms with Crippen molar-refractivity contribution in [2.24, 2.45) is 0 Å². The zero-order chi connectivity index (χ0) is 19.2. The molecule has 1 aromatic carbocycles. The molecule has 8 nitrogen and oxygen atoms in total. The van der Waals surface area contributed by atoms with Gasteiger partial charge in [0.1, 0.15) is 23.7 Å². The SMILES string of the molecule is Nc1ncn(Cc2nc(C[C@]3(O)CC3c3ccc(Cl)cc3)no2)c(=O)c1Cl. The van der Waals surface area contributed by atoms with Gasteiger partial charge in [-0.3, -0.25) is 9.36 Å². The molecule has 0 radical (unpaired) electrons. The zero-order valence-electron chi connectivity index (χ0n) is 14.0. The fourth-order valence-corrected chi connectivity index (χ4v) is 3.33. The summed E-state index contributed by atoms with van der Waals surface area (Å²) in [7, 11) is 0. The normalized spacial score (nSPS) is 21.4. The smallest absolute Gasteiger partial charge is 0.274 e. The number of anilines is 1. The molecule has 1 unspecified atom stereocenters. The van der Waals surface area contributed by atoms with E-state index in [4.69, 9.17) is 33.5 Å². The molecule has 4 rings (SSSR count). The fourth-order valence-electron chi connectivity index (χ4n) is 3.05. The Labute approximate surface area is 163 Å². The average Bonchev–Trinajstić information content (AvgIpc) is 3.10. The van der Waals surface area contributed by atoms with Crippen LogP contribution in [0.4, 0.5) is 5.82 Å². The van der Waals surface area contributed by atoms with Crippen LogP contribution < -0.4 is 11.3 Å². The number of hydrogen-bond acceptors (Lipinski definition) is 7. The Balaban J connectivity index is 1.45. The summed E-state index contributed by atoms with van der Waals surface area (Å²) in [5, 5.41) is 15.1. The number of benzene rings is 1. The van der Waals surface area contributed by atoms with Crippen LogP contribution in [-0.4, -0.2) is 30.4 Å². The number of rotatable bonds is 5. The predicted octanol–water partition coefficient (Wildman–Crippen LogP) is 2.02. The van der Waals surface area contributed by atoms with E-state index >= 15 is 0 Å². The van der Waals surface area contributed by atoms with Crippen LogP contribution in [0.1, 0.15) is 29.6 Å². The molecule has 2 heterocycles. The molecule has 0 bridgehead atoms. The van der Waals surface area contributed by atoms with Crippen LogP contribution in [0.25, 0.3) is 0 Å². The highest BCUT2D eigenvalue weighted by atomic mass is 35.5. The van der Waals surface area contributed by atoms with E-state index in [0.29, 0.717) is 17.3 Å². The average molecular weight is 408 g/mol. The number of aliphatic hydroxyl groups is 1. The topological polar surface area (TPSA) is 120 Å². The summed E-state index contributed by atoms with van der Waals surface area (Å²) in [5.41, 5.74) is 5.09. The van der Waals surface area contributed by atoms with Crippen LogP contribution in [0.5, 0.6) is 0 Å². The largest absolute Gasteiger partial charge is 0.389 e. The van der Waals surface area contributed by atoms with Gasteiger partial charge in [0.15, 0.2) is 5.82 Å². The lowest BCUT2D eigenvalue weighted by molar-refractivity contribution is 0.140. The van der Waals surface area contributed by atoms with Gasteiger partial charge in [-0.15, -0.1) is 0 Å². The third kappa shape index (κ3) is 3.55. The van der Waals surface area contributed by atoms with Crippen molar-refractivity contribution in [2.45, 2.75) is 30.9 Å². The lowest BCUT2D eigenvalue weighted by Gasteiger charge is -2.07. The molecule has 1 aliphatic carbocycles. The molecule has 2 atom stereocenters. The van der Waals surface area contributed by atoms with Gasteiger partial charge < -0.3 is 15.4 Å². The second-order valence-electron chi connectivity index (χ2n) is 6.57. The van der Waals surface area contributed by atoms with Gasteiger partial charge in [0.25, 0.3) is 5.56 Å². The molecule has 27 heavy (non-hydrogen) atoms. The highest BCUT2D eigenvalue weighted by Gasteiger charge is 2.54. The molecule has 140 valence electrons. The molecule has 0 amide bonds. The summed E-state index contributed by atoms with van der Waals surface area (Å²) in [6.45, 7) is 0.0118. The van der Waals surface area contributed by atoms with Crippen molar-refractivity contribution in [1.82, 2.24) is 19.7 Å². The summed E-state index contributed by atoms with van der Waals surface area (Å²) in [4.78, 5) is 20.1. The minimum Gasteiger partial charge on any atom is -0.389 e. The molecule has 1 aliphatic rings. The zero-order valence-corrected chi connectivity index (χ0v) is 15.5. The Morgan fingerprint density at radius 1 is 1.33 bits per heavy atom. The first-order valence-electron chi connectivity index (χ1n) is 8.15. The maximum absolute atomic E-state index is 12.0. The Bertz CT molecular complexity index is 1050. The first-order valence-corrected chi connectivity index (χ1v) is 8.91. The van der Waals surface area contributed by atoms with Crippen molar-refractivity contribution in [2.75, 3.05) is 5.73 Å². The third-order valence-electron chi connectivity index (χ3n) is 4.61. The highest BCUT2D eigenvalue weighted by molar-refractivity contribution is 6.32. The molecule has 3 N–H and O–H groups in total. The summed E-state index contributed by atoms with van der Waals surface area (Å²) in [6, 6.07) is 7.39. The van der Waals surface area contributed by atoms with Crippen molar-refractivity contribution in [3.05, 3.63) is 68.3 Å². The van der Waals surface area contributed by atoms with Gasteiger partial charge in [-0.1, -0.05) is 40.5 Å². The van der Waals surface area contributed by atoms with Crippen molar-refractivity contribution in [1.29, 1.82) is 0 Å². The summed E-state index contributed by atoms with van der Waals surface area (Å²) >= 11 is 11.7. The van der Waals surface area contributed by atoms with E-state index in [0.717, 1.165) is 5.56 Å². The first-order chi connectivity index (χ1) is 12.9. The molecule has 1 saturated carbocycles. The molecular weight excluding hydrogens is 393 g/mol. The summed E-state index contributed by atoms with van der Waals surface area (Å²) in [5.74, 6) is 0.543. The maximum Gasteiger partial charge on any atom is 0.274 e. The number of nitrogen functional groups attached to an aromatic ring is 1. The van der Waals surface area contributed by atoms with Gasteiger partial charge in [-0.25, -0.2) is 4.98 Å². The lowest BCUT2D eigenvalue weighted by atomic mass is 10.1. The van der Waals surface area contributed by atoms with Crippen LogP contribution in [-0.2, 0) is 13.0 Å². The van der Waals surface area contributed by atoms with Crippen LogP contribution in [0.2, 0.25) is 10.0 Å². The minimum atomic E-state index is -0.919. The van der Waals surface area contributed by atoms with Gasteiger partial charge in [-0.05, 0) is 24.1 Å². The quantitative estimate of drug-likeness (QED) is 0.663. The van der Waals surface area contributed by atoms with E-state index in [1.54, 1.807) is 12.1 Å². The number of nitrogens with zero attached hydrogens (tertiary/aromatic N) is 4. The second-order valence-corrected chi connectivity index (χ2v) is 7.38. The van der Waals surface area contributed by atoms with Gasteiger partial charge in [-0.2, -0.15) is 4.98 Å². The van der Waals surface area contributed by atoms with E-state index in [-0.39, 0.29) is 35.6 Å². The summed E-state index contributed by atoms with van der Waals surface area (Å²) < 4.78 is 6.39. The van der Waals surface area contributed by atoms with Crippen molar-refractivity contribution >= 4 is 29.0 Å². The number of aromatic nitrogens is 4. The van der Waals surface area contributed by atoms with Gasteiger partial charge >= 0.3 is 0 Å². The van der Waals surface area contributed by atoms with Crippen molar-refractivity contribution in [3.63, 3.8) is 0 Å². The predicted molar refractivity (Wildman–Crippen MR) is 98.8 cm³/mol. The Morgan fingerprint density at radius 2 is 2.07 bits per heavy atom. The van der Waals surface area contributed by atoms with Crippen molar-refractivity contribution in [3.8, 4) is 0 Å². The van der Waals surface area contributed by atoms with Crippen LogP contribution in [0, 0.1) is 0 Å². The number of nitrogens with two attached hydrogens (primary N) is 1. The minimum absolute atomic E-state index is 0.000517. The molecule has 0 saturated heterocycles. The molecule has 0 spiro atoms. The van der Waals surface area contributed by atoms with Gasteiger partial charge in [0.2, 0.25) is 5.89 Å². The molecule has 10 heteroatoms. The van der Waals surface area contributed by atoms with Gasteiger partial charge in [0.05, 0.1) is 5.60 Å². The van der Waals surface area contributed by atoms with Crippen LogP contribution in [0.15, 0.2) is 39.9 Å². The number of hydrogen-bond donors (Lipinski definition) is 2. The van der Waals surface area contributed by atoms with Gasteiger partial charge in [0, 0.05) is 17.4 Å². The molecule has 2 aromatic heterocycles. The lowest BCUT2D eigenvalue weighted by Crippen LogP contribution is -2.23. The highest BCUT2D eigenvalue weighted by Crippen LogP contribution is 2.53. The van der Waals surface area contributed by atoms with E-state index in [9.17, 15) is 9.90 Å². The summed E-state index contributed by atoms with van der Waals surface area (Å²) in [6.07, 6.45) is 2.12. The Kier molecular flexibility index (Phi) is 4.41. The van der Waals surface area contributed by atoms with Crippen molar-refractivity contribution < 1.29 is 9.63 Å². The van der Waals surface area contributed by atoms with Crippen LogP contribution >= 0.6 is 23.2 Å². The maximum atomic E-state index is 12.0. The number of halogens is 2. The Morgan fingerprint density at radius 3 is 2.81 bits per heavy atom. The van der Waals surface area contributed by atoms with E-state index in [2.05, 4.69) is 15.1 Å². The van der Waals surface area contributed by atoms with E-state index in [1.165, 1.54) is 10.9 Å². The standard InChI is InChI=1S/C17H15Cl2N5O3/c18-10-3-1-9(2-4-10)11-5-17(11,26)6-12-22-13(27-23-12)7-24-8-21-15(20)14(19)16(24)25/h1-4,8,11,26H,5-7,20H2/t11?,17-/m1/s1. The monoisotopic (exact) mass is 407 g/mol. The first kappa shape index (κ1) is 18.0. The molecular formula is C17H15Cl2N5O3. The second kappa shape index (κ2) is 6.63. The molecule has 0 aliphatic heterocycles. The van der Waals surface area contributed by atoms with Crippen LogP contribution in [0.3, 0.4) is 0 Å². The third-order valence-corrected chi connectivity index (χ3v) is 5.22. The fraction of sp³-hybridized carbons (Fsp3) is 0.294. The van der Waals surface area contributed by atoms with E-state index < -0.39 is 11.2 Å².